The Hall–Kier alpha value is -0.830. The summed E-state index contributed by atoms with van der Waals surface area (Å²) in [6, 6.07) is 0. The van der Waals surface area contributed by atoms with Crippen LogP contribution in [0, 0.1) is 0 Å². The molecule has 0 amide bonds. The summed E-state index contributed by atoms with van der Waals surface area (Å²) in [6.07, 6.45) is 3.49. The first-order valence-electron chi connectivity index (χ1n) is 5.25. The molecule has 0 atom stereocenters. The number of esters is 1. The van der Waals surface area contributed by atoms with Gasteiger partial charge in [0.2, 0.25) is 0 Å². The average molecular weight is 224 g/mol. The Kier molecular flexibility index (Phi) is 2.59. The highest BCUT2D eigenvalue weighted by Gasteiger charge is 2.33. The van der Waals surface area contributed by atoms with Crippen molar-refractivity contribution >= 4 is 17.3 Å². The lowest BCUT2D eigenvalue weighted by Crippen LogP contribution is -2.25. The van der Waals surface area contributed by atoms with E-state index < -0.39 is 0 Å². The van der Waals surface area contributed by atoms with Crippen molar-refractivity contribution < 1.29 is 9.53 Å². The van der Waals surface area contributed by atoms with E-state index in [0.29, 0.717) is 0 Å². The molecule has 0 unspecified atom stereocenters. The first-order valence-corrected chi connectivity index (χ1v) is 6.13. The summed E-state index contributed by atoms with van der Waals surface area (Å²) in [5, 5.41) is 1.95. The number of carbonyl (C=O) groups is 1. The van der Waals surface area contributed by atoms with Gasteiger partial charge < -0.3 is 4.74 Å². The van der Waals surface area contributed by atoms with Gasteiger partial charge in [0, 0.05) is 10.3 Å². The molecule has 0 aromatic carbocycles. The molecule has 2 nitrogen and oxygen atoms in total. The Morgan fingerprint density at radius 3 is 2.93 bits per heavy atom. The second-order valence-corrected chi connectivity index (χ2v) is 5.64. The molecule has 1 aliphatic rings. The fourth-order valence-corrected chi connectivity index (χ4v) is 3.64. The Morgan fingerprint density at radius 1 is 1.53 bits per heavy atom. The Balaban J connectivity index is 2.52. The number of rotatable bonds is 1. The van der Waals surface area contributed by atoms with Crippen LogP contribution in [0.25, 0.3) is 0 Å². The Bertz CT molecular complexity index is 390. The normalized spacial score (nSPS) is 18.3. The molecule has 82 valence electrons. The minimum Gasteiger partial charge on any atom is -0.465 e. The van der Waals surface area contributed by atoms with Crippen LogP contribution in [0.2, 0.25) is 0 Å². The van der Waals surface area contributed by atoms with Crippen LogP contribution in [0.5, 0.6) is 0 Å². The second kappa shape index (κ2) is 3.63. The molecule has 0 saturated heterocycles. The number of hydrogen-bond acceptors (Lipinski definition) is 3. The van der Waals surface area contributed by atoms with Crippen LogP contribution in [0.3, 0.4) is 0 Å². The maximum Gasteiger partial charge on any atom is 0.339 e. The molecule has 1 heterocycles. The minimum atomic E-state index is -0.192. The van der Waals surface area contributed by atoms with Gasteiger partial charge in [-0.2, -0.15) is 0 Å². The van der Waals surface area contributed by atoms with E-state index in [1.54, 1.807) is 11.3 Å². The van der Waals surface area contributed by atoms with Gasteiger partial charge in [-0.1, -0.05) is 13.8 Å². The minimum absolute atomic E-state index is 0.122. The molecule has 0 aliphatic heterocycles. The molecule has 0 spiro atoms. The quantitative estimate of drug-likeness (QED) is 0.685. The first kappa shape index (κ1) is 10.7. The predicted molar refractivity (Wildman–Crippen MR) is 61.6 cm³/mol. The number of fused-ring (bicyclic) bond motifs is 1. The number of thiophene rings is 1. The third-order valence-electron chi connectivity index (χ3n) is 3.15. The van der Waals surface area contributed by atoms with E-state index in [1.165, 1.54) is 24.0 Å². The van der Waals surface area contributed by atoms with E-state index in [-0.39, 0.29) is 11.4 Å². The number of aryl methyl sites for hydroxylation is 1. The predicted octanol–water partition coefficient (Wildman–Crippen LogP) is 3.15. The summed E-state index contributed by atoms with van der Waals surface area (Å²) >= 11 is 1.70. The van der Waals surface area contributed by atoms with Gasteiger partial charge in [0.1, 0.15) is 0 Å². The molecule has 1 aliphatic carbocycles. The molecule has 0 fully saturated rings. The largest absolute Gasteiger partial charge is 0.465 e. The lowest BCUT2D eigenvalue weighted by atomic mass is 9.74. The number of ether oxygens (including phenoxy) is 1. The summed E-state index contributed by atoms with van der Waals surface area (Å²) in [7, 11) is 1.45. The Morgan fingerprint density at radius 2 is 2.27 bits per heavy atom. The number of methoxy groups -OCH3 is 1. The molecule has 3 heteroatoms. The number of carbonyl (C=O) groups excluding carboxylic acids is 1. The fraction of sp³-hybridized carbons (Fsp3) is 0.583. The highest BCUT2D eigenvalue weighted by atomic mass is 32.1. The van der Waals surface area contributed by atoms with Gasteiger partial charge >= 0.3 is 5.97 Å². The van der Waals surface area contributed by atoms with Gasteiger partial charge in [0.15, 0.2) is 0 Å². The van der Waals surface area contributed by atoms with E-state index in [0.717, 1.165) is 18.4 Å². The standard InChI is InChI=1S/C12H16O2S/c1-12(2)6-4-5-9-10(12)8(7-15-9)11(13)14-3/h7H,4-6H2,1-3H3. The van der Waals surface area contributed by atoms with Crippen molar-refractivity contribution in [3.63, 3.8) is 0 Å². The third kappa shape index (κ3) is 1.69. The van der Waals surface area contributed by atoms with Gasteiger partial charge in [-0.15, -0.1) is 11.3 Å². The third-order valence-corrected chi connectivity index (χ3v) is 4.20. The van der Waals surface area contributed by atoms with E-state index in [9.17, 15) is 4.79 Å². The summed E-state index contributed by atoms with van der Waals surface area (Å²) in [4.78, 5) is 13.0. The fourth-order valence-electron chi connectivity index (χ4n) is 2.40. The molecular weight excluding hydrogens is 208 g/mol. The van der Waals surface area contributed by atoms with Crippen molar-refractivity contribution in [2.24, 2.45) is 0 Å². The maximum absolute atomic E-state index is 11.6. The molecule has 0 N–H and O–H groups in total. The molecule has 1 aromatic rings. The van der Waals surface area contributed by atoms with Crippen molar-refractivity contribution in [2.75, 3.05) is 7.11 Å². The van der Waals surface area contributed by atoms with Crippen LogP contribution in [0.4, 0.5) is 0 Å². The van der Waals surface area contributed by atoms with Gasteiger partial charge in [-0.05, 0) is 30.2 Å². The summed E-state index contributed by atoms with van der Waals surface area (Å²) in [6.45, 7) is 4.42. The smallest absolute Gasteiger partial charge is 0.339 e. The lowest BCUT2D eigenvalue weighted by molar-refractivity contribution is 0.0598. The van der Waals surface area contributed by atoms with Crippen molar-refractivity contribution in [1.82, 2.24) is 0 Å². The van der Waals surface area contributed by atoms with E-state index in [2.05, 4.69) is 13.8 Å². The second-order valence-electron chi connectivity index (χ2n) is 4.68. The number of hydrogen-bond donors (Lipinski definition) is 0. The lowest BCUT2D eigenvalue weighted by Gasteiger charge is -2.30. The maximum atomic E-state index is 11.6. The SMILES string of the molecule is COC(=O)c1csc2c1C(C)(C)CCC2. The van der Waals surface area contributed by atoms with Crippen molar-refractivity contribution in [1.29, 1.82) is 0 Å². The van der Waals surface area contributed by atoms with Gasteiger partial charge in [-0.25, -0.2) is 4.79 Å². The molecular formula is C12H16O2S. The van der Waals surface area contributed by atoms with Crippen LogP contribution in [-0.4, -0.2) is 13.1 Å². The molecule has 1 aromatic heterocycles. The zero-order chi connectivity index (χ0) is 11.1. The van der Waals surface area contributed by atoms with Crippen LogP contribution in [-0.2, 0) is 16.6 Å². The summed E-state index contributed by atoms with van der Waals surface area (Å²) in [5.74, 6) is -0.192. The average Bonchev–Trinajstić information content (AvgIpc) is 2.61. The zero-order valence-electron chi connectivity index (χ0n) is 9.42. The van der Waals surface area contributed by atoms with Gasteiger partial charge in [-0.3, -0.25) is 0 Å². The van der Waals surface area contributed by atoms with Crippen molar-refractivity contribution in [3.05, 3.63) is 21.4 Å². The molecule has 0 saturated carbocycles. The first-order chi connectivity index (χ1) is 7.06. The van der Waals surface area contributed by atoms with Gasteiger partial charge in [0.05, 0.1) is 12.7 Å². The van der Waals surface area contributed by atoms with Gasteiger partial charge in [0.25, 0.3) is 0 Å². The van der Waals surface area contributed by atoms with Crippen LogP contribution < -0.4 is 0 Å². The highest BCUT2D eigenvalue weighted by Crippen LogP contribution is 2.42. The summed E-state index contributed by atoms with van der Waals surface area (Å²) in [5.41, 5.74) is 2.13. The molecule has 15 heavy (non-hydrogen) atoms. The van der Waals surface area contributed by atoms with E-state index in [4.69, 9.17) is 4.74 Å². The molecule has 0 radical (unpaired) electrons. The monoisotopic (exact) mass is 224 g/mol. The Labute approximate surface area is 94.3 Å². The van der Waals surface area contributed by atoms with E-state index in [1.807, 2.05) is 5.38 Å². The van der Waals surface area contributed by atoms with E-state index >= 15 is 0 Å². The molecule has 0 bridgehead atoms. The summed E-state index contributed by atoms with van der Waals surface area (Å²) < 4.78 is 4.82. The topological polar surface area (TPSA) is 26.3 Å². The zero-order valence-corrected chi connectivity index (χ0v) is 10.2. The van der Waals surface area contributed by atoms with Crippen molar-refractivity contribution in [3.8, 4) is 0 Å². The van der Waals surface area contributed by atoms with Crippen LogP contribution in [0.15, 0.2) is 5.38 Å². The highest BCUT2D eigenvalue weighted by molar-refractivity contribution is 7.10. The van der Waals surface area contributed by atoms with Crippen molar-refractivity contribution in [2.45, 2.75) is 38.5 Å². The van der Waals surface area contributed by atoms with Crippen LogP contribution >= 0.6 is 11.3 Å². The molecule has 2 rings (SSSR count). The van der Waals surface area contributed by atoms with Crippen LogP contribution in [0.1, 0.15) is 47.5 Å².